The zero-order chi connectivity index (χ0) is 56.1. The van der Waals surface area contributed by atoms with Crippen LogP contribution in [0.3, 0.4) is 0 Å². The van der Waals surface area contributed by atoms with Crippen LogP contribution in [-0.2, 0) is 19.3 Å². The predicted molar refractivity (Wildman–Crippen MR) is 316 cm³/mol. The van der Waals surface area contributed by atoms with Crippen molar-refractivity contribution < 1.29 is 18.4 Å². The van der Waals surface area contributed by atoms with E-state index >= 15 is 0 Å². The largest absolute Gasteiger partial charge is 0.497 e. The molecule has 0 unspecified atom stereocenters. The van der Waals surface area contributed by atoms with Gasteiger partial charge in [0.2, 0.25) is 29.6 Å². The summed E-state index contributed by atoms with van der Waals surface area (Å²) in [4.78, 5) is 44.1. The molecule has 26 heteroatoms. The van der Waals surface area contributed by atoms with Crippen molar-refractivity contribution in [2.75, 3.05) is 52.7 Å². The number of thioether (sulfide) groups is 3. The van der Waals surface area contributed by atoms with Crippen LogP contribution < -0.4 is 38.5 Å². The zero-order valence-corrected chi connectivity index (χ0v) is 47.4. The number of aryl methyl sites for hydroxylation is 5. The highest BCUT2D eigenvalue weighted by molar-refractivity contribution is 7.99. The molecule has 0 radical (unpaired) electrons. The Labute approximate surface area is 482 Å². The first-order valence-corrected chi connectivity index (χ1v) is 27.9. The lowest BCUT2D eigenvalue weighted by molar-refractivity contribution is 0.0935. The molecule has 10 aromatic rings. The van der Waals surface area contributed by atoms with Crippen LogP contribution in [0, 0.1) is 13.8 Å². The molecule has 7 heterocycles. The molecule has 0 aliphatic carbocycles. The molecule has 0 fully saturated rings. The first kappa shape index (κ1) is 58.9. The number of hydrogen-bond acceptors (Lipinski definition) is 21. The van der Waals surface area contributed by atoms with Gasteiger partial charge in [0.15, 0.2) is 23.0 Å². The summed E-state index contributed by atoms with van der Waals surface area (Å²) in [6.45, 7) is 4.16. The Balaban J connectivity index is 0.000000161. The molecule has 20 nitrogen and oxygen atoms in total. The molecule has 0 atom stereocenters. The Morgan fingerprint density at radius 1 is 0.582 bits per heavy atom. The van der Waals surface area contributed by atoms with Gasteiger partial charge in [-0.05, 0) is 86.2 Å². The van der Waals surface area contributed by atoms with E-state index in [1.807, 2.05) is 24.3 Å². The van der Waals surface area contributed by atoms with Crippen molar-refractivity contribution in [1.29, 1.82) is 0 Å². The van der Waals surface area contributed by atoms with Crippen molar-refractivity contribution >= 4 is 111 Å². The van der Waals surface area contributed by atoms with Crippen molar-refractivity contribution in [2.45, 2.75) is 48.2 Å². The third-order valence-electron chi connectivity index (χ3n) is 10.5. The van der Waals surface area contributed by atoms with Gasteiger partial charge in [-0.1, -0.05) is 107 Å². The number of anilines is 5. The maximum absolute atomic E-state index is 11.9. The van der Waals surface area contributed by atoms with E-state index in [1.54, 1.807) is 79.0 Å². The third-order valence-corrected chi connectivity index (χ3v) is 13.8. The standard InChI is InChI=1S/C18H17N5O2S.C18H19N5O2S.C13H14ClN3S.C4H3Cl2N3/c1-24-13-6-4-12(5-7-13)8-10-26-16-11-15-20-17(14-3-2-9-25-14)22-23(15)18(19)21-16;1-12-4-6-13(7-5-12)8-10-26-16-11-15(20-18(19)21-16)22-23-17(24)14-3-2-9-25-14;1-9-2-4-10(5-3-9)6-7-18-12-8-11(14)16-13(15)17-12;5-2-1-3(6)9-4(7)8-2/h2-7,9,11H,8,10H2,1H3,(H2,19,21);2-7,9,11H,8,10H2,1H3,(H,23,24)(H3,19,20,21,22);2-5,8H,6-7H2,1H3,(H2,15,16,17);1H,(H2,7,8,9). The number of carbonyl (C=O) groups excluding carboxylic acids is 1. The molecule has 0 saturated carbocycles. The average molecular weight is 1180 g/mol. The van der Waals surface area contributed by atoms with Gasteiger partial charge in [-0.3, -0.25) is 15.6 Å². The van der Waals surface area contributed by atoms with Gasteiger partial charge >= 0.3 is 5.91 Å². The number of nitrogens with zero attached hydrogens (tertiary/aromatic N) is 10. The van der Waals surface area contributed by atoms with Gasteiger partial charge in [0.05, 0.1) is 19.6 Å². The molecule has 0 aliphatic rings. The lowest BCUT2D eigenvalue weighted by Crippen LogP contribution is -2.29. The normalized spacial score (nSPS) is 10.6. The maximum Gasteiger partial charge on any atom is 0.305 e. The summed E-state index contributed by atoms with van der Waals surface area (Å²) in [7, 11) is 1.67. The van der Waals surface area contributed by atoms with Crippen LogP contribution in [0.25, 0.3) is 17.2 Å². The molecular formula is C53H53Cl3N16O4S3. The number of rotatable bonds is 17. The van der Waals surface area contributed by atoms with E-state index in [1.165, 1.54) is 44.7 Å². The second kappa shape index (κ2) is 29.8. The maximum atomic E-state index is 11.9. The summed E-state index contributed by atoms with van der Waals surface area (Å²) in [6.07, 6.45) is 5.86. The number of hydrazine groups is 1. The number of halogens is 3. The van der Waals surface area contributed by atoms with Crippen LogP contribution >= 0.6 is 70.1 Å². The van der Waals surface area contributed by atoms with Crippen LogP contribution in [0.4, 0.5) is 29.6 Å². The van der Waals surface area contributed by atoms with Crippen LogP contribution in [0.15, 0.2) is 158 Å². The quantitative estimate of drug-likeness (QED) is 0.0280. The van der Waals surface area contributed by atoms with E-state index in [4.69, 9.17) is 71.3 Å². The number of furan rings is 2. The Hall–Kier alpha value is -7.80. The minimum atomic E-state index is -0.402. The van der Waals surface area contributed by atoms with E-state index in [9.17, 15) is 4.79 Å². The van der Waals surface area contributed by atoms with Gasteiger partial charge in [-0.25, -0.2) is 34.9 Å². The van der Waals surface area contributed by atoms with Gasteiger partial charge in [-0.2, -0.15) is 9.50 Å². The summed E-state index contributed by atoms with van der Waals surface area (Å²) in [5.41, 5.74) is 34.7. The second-order valence-electron chi connectivity index (χ2n) is 16.5. The Morgan fingerprint density at radius 2 is 1.08 bits per heavy atom. The SMILES string of the molecule is COc1ccc(CCSc2cc3nc(-c4ccco4)nn3c(N)n2)cc1.Cc1ccc(CCSc2cc(Cl)nc(N)n2)cc1.Cc1ccc(CCSc2cc(NNC(=O)c3ccco3)nc(N)n2)cc1.Nc1nc(Cl)cc(Cl)n1. The number of carbonyl (C=O) groups is 1. The predicted octanol–water partition coefficient (Wildman–Crippen LogP) is 11.1. The minimum Gasteiger partial charge on any atom is -0.497 e. The summed E-state index contributed by atoms with van der Waals surface area (Å²) >= 11 is 21.5. The first-order chi connectivity index (χ1) is 38.1. The molecule has 408 valence electrons. The molecule has 0 saturated heterocycles. The van der Waals surface area contributed by atoms with Crippen molar-refractivity contribution in [3.8, 4) is 17.3 Å². The van der Waals surface area contributed by atoms with Gasteiger partial charge in [0.1, 0.15) is 36.3 Å². The summed E-state index contributed by atoms with van der Waals surface area (Å²) < 4.78 is 17.0. The van der Waals surface area contributed by atoms with E-state index in [-0.39, 0.29) is 33.9 Å². The molecule has 0 bridgehead atoms. The van der Waals surface area contributed by atoms with Crippen molar-refractivity contribution in [3.05, 3.63) is 183 Å². The van der Waals surface area contributed by atoms with Gasteiger partial charge in [-0.15, -0.1) is 40.4 Å². The molecule has 7 aromatic heterocycles. The first-order valence-electron chi connectivity index (χ1n) is 23.8. The highest BCUT2D eigenvalue weighted by Gasteiger charge is 2.14. The number of fused-ring (bicyclic) bond motifs is 1. The fourth-order valence-corrected chi connectivity index (χ4v) is 10.0. The summed E-state index contributed by atoms with van der Waals surface area (Å²) in [5, 5.41) is 7.62. The monoisotopic (exact) mass is 1180 g/mol. The van der Waals surface area contributed by atoms with Crippen molar-refractivity contribution in [2.24, 2.45) is 0 Å². The van der Waals surface area contributed by atoms with Crippen molar-refractivity contribution in [1.82, 2.24) is 54.9 Å². The molecule has 0 aliphatic heterocycles. The number of nitrogen functional groups attached to an aromatic ring is 4. The number of ether oxygens (including phenoxy) is 1. The molecule has 0 spiro atoms. The van der Waals surface area contributed by atoms with E-state index in [0.29, 0.717) is 34.2 Å². The van der Waals surface area contributed by atoms with Crippen LogP contribution in [0.1, 0.15) is 38.4 Å². The summed E-state index contributed by atoms with van der Waals surface area (Å²) in [6, 6.07) is 38.7. The topological polar surface area (TPSA) is 301 Å². The molecular weight excluding hydrogens is 1130 g/mol. The van der Waals surface area contributed by atoms with Crippen LogP contribution in [0.2, 0.25) is 15.5 Å². The lowest BCUT2D eigenvalue weighted by atomic mass is 10.1. The number of aromatic nitrogens is 10. The van der Waals surface area contributed by atoms with Gasteiger partial charge in [0, 0.05) is 41.5 Å². The minimum absolute atomic E-state index is 0.0903. The van der Waals surface area contributed by atoms with Crippen LogP contribution in [0.5, 0.6) is 5.75 Å². The van der Waals surface area contributed by atoms with E-state index < -0.39 is 5.91 Å². The Bertz CT molecular complexity index is 3440. The third kappa shape index (κ3) is 19.6. The smallest absolute Gasteiger partial charge is 0.305 e. The second-order valence-corrected chi connectivity index (χ2v) is 21.0. The van der Waals surface area contributed by atoms with Crippen molar-refractivity contribution in [3.63, 3.8) is 0 Å². The Morgan fingerprint density at radius 3 is 1.58 bits per heavy atom. The highest BCUT2D eigenvalue weighted by atomic mass is 35.5. The van der Waals surface area contributed by atoms with E-state index in [0.717, 1.165) is 57.3 Å². The summed E-state index contributed by atoms with van der Waals surface area (Å²) in [5.74, 6) is 5.60. The van der Waals surface area contributed by atoms with Gasteiger partial charge < -0.3 is 36.5 Å². The number of nitrogens with two attached hydrogens (primary N) is 4. The average Bonchev–Trinajstić information content (AvgIpc) is 4.33. The molecule has 1 amide bonds. The molecule has 3 aromatic carbocycles. The van der Waals surface area contributed by atoms with E-state index in [2.05, 4.69) is 130 Å². The van der Waals surface area contributed by atoms with Crippen LogP contribution in [-0.4, -0.2) is 79.8 Å². The van der Waals surface area contributed by atoms with Gasteiger partial charge in [0.25, 0.3) is 0 Å². The number of nitrogens with one attached hydrogen (secondary N) is 2. The highest BCUT2D eigenvalue weighted by Crippen LogP contribution is 2.25. The fourth-order valence-electron chi connectivity index (χ4n) is 6.66. The lowest BCUT2D eigenvalue weighted by Gasteiger charge is -2.09. The zero-order valence-electron chi connectivity index (χ0n) is 42.7. The number of amides is 1. The fraction of sp³-hybridized carbons (Fsp3) is 0.170. The Kier molecular flexibility index (Phi) is 22.2. The number of benzene rings is 3. The number of methoxy groups -OCH3 is 1. The molecule has 79 heavy (non-hydrogen) atoms. The molecule has 10 rings (SSSR count). The number of hydrogen-bond donors (Lipinski definition) is 6. The molecule has 10 N–H and O–H groups in total.